The van der Waals surface area contributed by atoms with Gasteiger partial charge >= 0.3 is 0 Å². The molecule has 0 fully saturated rings. The third-order valence-corrected chi connectivity index (χ3v) is 6.36. The molecule has 0 aliphatic rings. The minimum Gasteiger partial charge on any atom is -0.493 e. The Labute approximate surface area is 199 Å². The first kappa shape index (κ1) is 21.1. The molecule has 5 nitrogen and oxygen atoms in total. The second kappa shape index (κ2) is 9.00. The van der Waals surface area contributed by atoms with Crippen molar-refractivity contribution in [1.82, 2.24) is 4.57 Å². The molecule has 5 rings (SSSR count). The van der Waals surface area contributed by atoms with Gasteiger partial charge in [-0.25, -0.2) is 0 Å². The number of rotatable bonds is 5. The second-order valence-corrected chi connectivity index (χ2v) is 8.64. The quantitative estimate of drug-likeness (QED) is 0.261. The number of azo groups is 1. The number of nitrogens with zero attached hydrogens (tertiary/aromatic N) is 3. The van der Waals surface area contributed by atoms with Crippen molar-refractivity contribution >= 4 is 49.2 Å². The fraction of sp³-hybridized carbons (Fsp3) is 0.0741. The summed E-state index contributed by atoms with van der Waals surface area (Å²) in [5.74, 6) is -0.382. The Balaban J connectivity index is 1.46. The molecule has 0 radical (unpaired) electrons. The molecule has 0 spiro atoms. The number of halogens is 1. The molecule has 1 heterocycles. The minimum absolute atomic E-state index is 0.00862. The van der Waals surface area contributed by atoms with Crippen LogP contribution in [0.3, 0.4) is 0 Å². The maximum absolute atomic E-state index is 12.7. The molecule has 4 aromatic carbocycles. The van der Waals surface area contributed by atoms with E-state index in [2.05, 4.69) is 26.2 Å². The van der Waals surface area contributed by atoms with Gasteiger partial charge in [0.1, 0.15) is 0 Å². The van der Waals surface area contributed by atoms with Gasteiger partial charge in [-0.3, -0.25) is 4.79 Å². The Morgan fingerprint density at radius 2 is 1.48 bits per heavy atom. The van der Waals surface area contributed by atoms with Gasteiger partial charge in [0, 0.05) is 9.86 Å². The number of carbonyl (C=O) groups excluding carboxylic acids is 1. The second-order valence-electron chi connectivity index (χ2n) is 7.78. The van der Waals surface area contributed by atoms with Gasteiger partial charge in [-0.1, -0.05) is 94.8 Å². The van der Waals surface area contributed by atoms with Crippen LogP contribution in [0.5, 0.6) is 5.88 Å². The number of fused-ring (bicyclic) bond motifs is 2. The van der Waals surface area contributed by atoms with Crippen LogP contribution in [-0.2, 0) is 17.8 Å². The van der Waals surface area contributed by atoms with Crippen molar-refractivity contribution in [3.63, 3.8) is 0 Å². The number of hydrogen-bond donors (Lipinski definition) is 1. The standard InChI is InChI=1S/C27H20BrN3O2/c28-23-15-14-19(20-10-4-5-11-21(20)23)16-25(32)29-30-26-22-12-6-7-13-24(22)31(27(26)33)17-18-8-2-1-3-9-18/h1-15,33H,16-17H2. The Hall–Kier alpha value is -3.77. The van der Waals surface area contributed by atoms with Crippen LogP contribution in [0, 0.1) is 0 Å². The zero-order valence-corrected chi connectivity index (χ0v) is 19.2. The molecule has 1 amide bonds. The van der Waals surface area contributed by atoms with Crippen LogP contribution in [0.25, 0.3) is 21.7 Å². The van der Waals surface area contributed by atoms with E-state index in [9.17, 15) is 9.90 Å². The lowest BCUT2D eigenvalue weighted by Crippen LogP contribution is -1.99. The Morgan fingerprint density at radius 3 is 2.27 bits per heavy atom. The lowest BCUT2D eigenvalue weighted by atomic mass is 10.0. The van der Waals surface area contributed by atoms with E-state index in [0.717, 1.165) is 37.3 Å². The van der Waals surface area contributed by atoms with E-state index in [1.54, 1.807) is 4.57 Å². The molecular formula is C27H20BrN3O2. The van der Waals surface area contributed by atoms with E-state index in [0.29, 0.717) is 12.2 Å². The van der Waals surface area contributed by atoms with Crippen molar-refractivity contribution in [2.24, 2.45) is 10.2 Å². The third-order valence-electron chi connectivity index (χ3n) is 5.67. The average Bonchev–Trinajstić information content (AvgIpc) is 3.11. The zero-order valence-electron chi connectivity index (χ0n) is 17.6. The van der Waals surface area contributed by atoms with Crippen molar-refractivity contribution in [2.45, 2.75) is 13.0 Å². The van der Waals surface area contributed by atoms with Crippen LogP contribution in [-0.4, -0.2) is 15.6 Å². The maximum Gasteiger partial charge on any atom is 0.269 e. The molecule has 0 saturated carbocycles. The first-order valence-corrected chi connectivity index (χ1v) is 11.4. The number of aromatic nitrogens is 1. The zero-order chi connectivity index (χ0) is 22.8. The van der Waals surface area contributed by atoms with E-state index in [-0.39, 0.29) is 18.2 Å². The van der Waals surface area contributed by atoms with Gasteiger partial charge in [0.25, 0.3) is 5.91 Å². The van der Waals surface area contributed by atoms with Crippen molar-refractivity contribution in [2.75, 3.05) is 0 Å². The van der Waals surface area contributed by atoms with Crippen LogP contribution in [0.2, 0.25) is 0 Å². The summed E-state index contributed by atoms with van der Waals surface area (Å²) in [6.45, 7) is 0.488. The minimum atomic E-state index is -0.373. The molecule has 162 valence electrons. The van der Waals surface area contributed by atoms with E-state index >= 15 is 0 Å². The van der Waals surface area contributed by atoms with E-state index in [1.165, 1.54) is 0 Å². The monoisotopic (exact) mass is 497 g/mol. The predicted molar refractivity (Wildman–Crippen MR) is 134 cm³/mol. The summed E-state index contributed by atoms with van der Waals surface area (Å²) in [5.41, 5.74) is 3.07. The fourth-order valence-corrected chi connectivity index (χ4v) is 4.56. The topological polar surface area (TPSA) is 66.9 Å². The van der Waals surface area contributed by atoms with Crippen LogP contribution < -0.4 is 0 Å². The first-order valence-electron chi connectivity index (χ1n) is 10.6. The Bertz CT molecular complexity index is 1510. The molecule has 33 heavy (non-hydrogen) atoms. The van der Waals surface area contributed by atoms with Crippen LogP contribution in [0.15, 0.2) is 106 Å². The molecule has 5 aromatic rings. The highest BCUT2D eigenvalue weighted by Gasteiger charge is 2.17. The number of para-hydroxylation sites is 1. The van der Waals surface area contributed by atoms with Gasteiger partial charge in [0.15, 0.2) is 5.69 Å². The summed E-state index contributed by atoms with van der Waals surface area (Å²) >= 11 is 3.56. The normalized spacial score (nSPS) is 11.5. The Morgan fingerprint density at radius 1 is 0.818 bits per heavy atom. The van der Waals surface area contributed by atoms with E-state index < -0.39 is 0 Å². The van der Waals surface area contributed by atoms with Crippen LogP contribution in [0.1, 0.15) is 11.1 Å². The lowest BCUT2D eigenvalue weighted by Gasteiger charge is -2.07. The predicted octanol–water partition coefficient (Wildman–Crippen LogP) is 7.16. The lowest BCUT2D eigenvalue weighted by molar-refractivity contribution is -0.117. The number of hydrogen-bond acceptors (Lipinski definition) is 3. The Kier molecular flexibility index (Phi) is 5.75. The highest BCUT2D eigenvalue weighted by molar-refractivity contribution is 9.10. The highest BCUT2D eigenvalue weighted by atomic mass is 79.9. The molecule has 0 saturated heterocycles. The molecule has 6 heteroatoms. The highest BCUT2D eigenvalue weighted by Crippen LogP contribution is 2.39. The smallest absolute Gasteiger partial charge is 0.269 e. The number of carbonyl (C=O) groups is 1. The molecule has 1 aromatic heterocycles. The van der Waals surface area contributed by atoms with Crippen molar-refractivity contribution in [3.8, 4) is 5.88 Å². The summed E-state index contributed by atoms with van der Waals surface area (Å²) in [5, 5.41) is 21.9. The van der Waals surface area contributed by atoms with Crippen molar-refractivity contribution < 1.29 is 9.90 Å². The summed E-state index contributed by atoms with van der Waals surface area (Å²) < 4.78 is 2.76. The van der Waals surface area contributed by atoms with Gasteiger partial charge < -0.3 is 9.67 Å². The molecule has 0 unspecified atom stereocenters. The molecular weight excluding hydrogens is 478 g/mol. The summed E-state index contributed by atoms with van der Waals surface area (Å²) in [6.07, 6.45) is 0.126. The van der Waals surface area contributed by atoms with Gasteiger partial charge in [-0.05, 0) is 34.0 Å². The first-order chi connectivity index (χ1) is 16.1. The summed E-state index contributed by atoms with van der Waals surface area (Å²) in [7, 11) is 0. The van der Waals surface area contributed by atoms with Gasteiger partial charge in [0.05, 0.1) is 18.5 Å². The van der Waals surface area contributed by atoms with Gasteiger partial charge in [0.2, 0.25) is 5.88 Å². The SMILES string of the molecule is O=C(Cc1ccc(Br)c2ccccc12)N=Nc1c(O)n(Cc2ccccc2)c2ccccc12. The molecule has 0 atom stereocenters. The fourth-order valence-electron chi connectivity index (χ4n) is 4.08. The van der Waals surface area contributed by atoms with Crippen molar-refractivity contribution in [1.29, 1.82) is 0 Å². The number of aromatic hydroxyl groups is 1. The number of amides is 1. The number of benzene rings is 4. The molecule has 0 aliphatic carbocycles. The summed E-state index contributed by atoms with van der Waals surface area (Å²) in [4.78, 5) is 12.7. The molecule has 1 N–H and O–H groups in total. The third kappa shape index (κ3) is 4.17. The molecule has 0 bridgehead atoms. The van der Waals surface area contributed by atoms with Crippen LogP contribution in [0.4, 0.5) is 5.69 Å². The molecule has 0 aliphatic heterocycles. The van der Waals surface area contributed by atoms with Gasteiger partial charge in [-0.15, -0.1) is 10.2 Å². The largest absolute Gasteiger partial charge is 0.493 e. The van der Waals surface area contributed by atoms with E-state index in [1.807, 2.05) is 91.0 Å². The van der Waals surface area contributed by atoms with Crippen molar-refractivity contribution in [3.05, 3.63) is 107 Å². The van der Waals surface area contributed by atoms with Crippen LogP contribution >= 0.6 is 15.9 Å². The average molecular weight is 498 g/mol. The maximum atomic E-state index is 12.7. The van der Waals surface area contributed by atoms with E-state index in [4.69, 9.17) is 0 Å². The summed E-state index contributed by atoms with van der Waals surface area (Å²) in [6, 6.07) is 29.2. The van der Waals surface area contributed by atoms with Gasteiger partial charge in [-0.2, -0.15) is 0 Å².